The number of rotatable bonds is 3. The summed E-state index contributed by atoms with van der Waals surface area (Å²) in [5.74, 6) is 0.141. The molecule has 0 radical (unpaired) electrons. The van der Waals surface area contributed by atoms with Crippen LogP contribution in [0.3, 0.4) is 0 Å². The highest BCUT2D eigenvalue weighted by atomic mass is 32.2. The molecule has 1 amide bonds. The fourth-order valence-electron chi connectivity index (χ4n) is 3.52. The standard InChI is InChI=1S/C19H20F3N5OS/c1-10-17(24-11(2)29-10)18(28)25-16-9-23-15-8-7-14(26-27(15)16)12-5-3-4-6-13(12)19(20,21)22/h3-9,11,14-15,23-24,26H,1-2H3,(H,25,28). The molecule has 0 aromatic heterocycles. The lowest BCUT2D eigenvalue weighted by Crippen LogP contribution is -2.52. The second-order valence-electron chi connectivity index (χ2n) is 6.88. The summed E-state index contributed by atoms with van der Waals surface area (Å²) in [4.78, 5) is 13.5. The first-order chi connectivity index (χ1) is 13.7. The fraction of sp³-hybridized carbons (Fsp3) is 0.316. The third-order valence-corrected chi connectivity index (χ3v) is 5.84. The second-order valence-corrected chi connectivity index (χ2v) is 8.43. The van der Waals surface area contributed by atoms with Crippen molar-refractivity contribution in [3.05, 3.63) is 70.2 Å². The summed E-state index contributed by atoms with van der Waals surface area (Å²) in [5, 5.41) is 10.7. The van der Waals surface area contributed by atoms with Gasteiger partial charge in [-0.05, 0) is 31.6 Å². The van der Waals surface area contributed by atoms with Gasteiger partial charge in [-0.25, -0.2) is 5.43 Å². The number of hydrogen-bond acceptors (Lipinski definition) is 6. The number of amides is 1. The number of halogens is 3. The average Bonchev–Trinajstić information content (AvgIpc) is 3.23. The van der Waals surface area contributed by atoms with Crippen LogP contribution in [0.1, 0.15) is 31.0 Å². The Hall–Kier alpha value is -2.59. The zero-order valence-electron chi connectivity index (χ0n) is 15.7. The maximum atomic E-state index is 13.4. The number of hydrogen-bond donors (Lipinski definition) is 4. The van der Waals surface area contributed by atoms with E-state index in [-0.39, 0.29) is 23.0 Å². The molecule has 3 aliphatic heterocycles. The normalized spacial score (nSPS) is 26.0. The number of allylic oxidation sites excluding steroid dienone is 1. The van der Waals surface area contributed by atoms with Crippen LogP contribution in [-0.4, -0.2) is 22.5 Å². The van der Waals surface area contributed by atoms with E-state index >= 15 is 0 Å². The van der Waals surface area contributed by atoms with Crippen LogP contribution in [0.15, 0.2) is 59.0 Å². The van der Waals surface area contributed by atoms with Gasteiger partial charge < -0.3 is 16.0 Å². The van der Waals surface area contributed by atoms with Crippen molar-refractivity contribution in [3.8, 4) is 0 Å². The van der Waals surface area contributed by atoms with Crippen LogP contribution in [0.4, 0.5) is 13.2 Å². The Labute approximate surface area is 170 Å². The van der Waals surface area contributed by atoms with Crippen molar-refractivity contribution < 1.29 is 18.0 Å². The molecule has 3 aliphatic rings. The number of nitrogens with zero attached hydrogens (tertiary/aromatic N) is 1. The van der Waals surface area contributed by atoms with E-state index in [1.165, 1.54) is 12.1 Å². The second kappa shape index (κ2) is 7.34. The summed E-state index contributed by atoms with van der Waals surface area (Å²) < 4.78 is 40.2. The van der Waals surface area contributed by atoms with Gasteiger partial charge in [0, 0.05) is 11.1 Å². The number of alkyl halides is 3. The Kier molecular flexibility index (Phi) is 4.99. The van der Waals surface area contributed by atoms with E-state index < -0.39 is 17.8 Å². The highest BCUT2D eigenvalue weighted by Crippen LogP contribution is 2.36. The number of benzene rings is 1. The molecule has 10 heteroatoms. The molecular formula is C19H20F3N5OS. The summed E-state index contributed by atoms with van der Waals surface area (Å²) in [6.07, 6.45) is 0.311. The first kappa shape index (κ1) is 19.7. The monoisotopic (exact) mass is 423 g/mol. The first-order valence-electron chi connectivity index (χ1n) is 9.05. The first-order valence-corrected chi connectivity index (χ1v) is 9.93. The van der Waals surface area contributed by atoms with Crippen LogP contribution < -0.4 is 21.4 Å². The molecule has 154 valence electrons. The molecule has 3 heterocycles. The van der Waals surface area contributed by atoms with Crippen LogP contribution in [-0.2, 0) is 11.0 Å². The Bertz CT molecular complexity index is 927. The van der Waals surface area contributed by atoms with E-state index in [0.29, 0.717) is 11.5 Å². The lowest BCUT2D eigenvalue weighted by atomic mass is 9.99. The van der Waals surface area contributed by atoms with E-state index in [9.17, 15) is 18.0 Å². The zero-order chi connectivity index (χ0) is 20.8. The topological polar surface area (TPSA) is 68.4 Å². The van der Waals surface area contributed by atoms with Crippen molar-refractivity contribution in [1.29, 1.82) is 0 Å². The molecule has 1 aromatic rings. The molecule has 0 fully saturated rings. The number of fused-ring (bicyclic) bond motifs is 1. The molecule has 3 unspecified atom stereocenters. The van der Waals surface area contributed by atoms with Crippen LogP contribution >= 0.6 is 11.8 Å². The minimum Gasteiger partial charge on any atom is -0.368 e. The minimum atomic E-state index is -4.45. The van der Waals surface area contributed by atoms with Gasteiger partial charge in [0.05, 0.1) is 17.0 Å². The van der Waals surface area contributed by atoms with Crippen molar-refractivity contribution in [3.63, 3.8) is 0 Å². The average molecular weight is 423 g/mol. The number of carbonyl (C=O) groups excluding carboxylic acids is 1. The lowest BCUT2D eigenvalue weighted by Gasteiger charge is -2.35. The highest BCUT2D eigenvalue weighted by Gasteiger charge is 2.37. The molecule has 1 aromatic carbocycles. The fourth-order valence-corrected chi connectivity index (χ4v) is 4.49. The predicted molar refractivity (Wildman–Crippen MR) is 104 cm³/mol. The van der Waals surface area contributed by atoms with E-state index in [0.717, 1.165) is 11.0 Å². The predicted octanol–water partition coefficient (Wildman–Crippen LogP) is 2.88. The zero-order valence-corrected chi connectivity index (χ0v) is 16.5. The summed E-state index contributed by atoms with van der Waals surface area (Å²) in [7, 11) is 0. The smallest absolute Gasteiger partial charge is 0.368 e. The third kappa shape index (κ3) is 3.82. The SMILES string of the molecule is CC1=C(C(=O)NC2=CNC3C=CC(c4ccccc4C(F)(F)F)NN23)NC(C)S1. The number of thioether (sulfide) groups is 1. The van der Waals surface area contributed by atoms with E-state index in [1.807, 2.05) is 13.8 Å². The largest absolute Gasteiger partial charge is 0.416 e. The number of hydrazine groups is 1. The van der Waals surface area contributed by atoms with Crippen LogP contribution in [0, 0.1) is 0 Å². The molecule has 4 rings (SSSR count). The number of nitrogens with one attached hydrogen (secondary N) is 4. The van der Waals surface area contributed by atoms with Gasteiger partial charge in [-0.3, -0.25) is 9.80 Å². The third-order valence-electron chi connectivity index (χ3n) is 4.82. The van der Waals surface area contributed by atoms with Gasteiger partial charge in [-0.15, -0.1) is 11.8 Å². The highest BCUT2D eigenvalue weighted by molar-refractivity contribution is 8.03. The summed E-state index contributed by atoms with van der Waals surface area (Å²) in [6, 6.07) is 4.77. The molecule has 0 spiro atoms. The van der Waals surface area contributed by atoms with Gasteiger partial charge in [0.15, 0.2) is 0 Å². The molecule has 6 nitrogen and oxygen atoms in total. The Balaban J connectivity index is 1.52. The van der Waals surface area contributed by atoms with Crippen molar-refractivity contribution in [2.24, 2.45) is 0 Å². The molecule has 0 saturated heterocycles. The van der Waals surface area contributed by atoms with E-state index in [1.54, 1.807) is 41.2 Å². The van der Waals surface area contributed by atoms with E-state index in [4.69, 9.17) is 0 Å². The van der Waals surface area contributed by atoms with Gasteiger partial charge in [0.25, 0.3) is 5.91 Å². The molecule has 4 N–H and O–H groups in total. The van der Waals surface area contributed by atoms with Crippen molar-refractivity contribution >= 4 is 17.7 Å². The molecule has 0 aliphatic carbocycles. The Morgan fingerprint density at radius 2 is 2.00 bits per heavy atom. The van der Waals surface area contributed by atoms with Crippen LogP contribution in [0.25, 0.3) is 0 Å². The van der Waals surface area contributed by atoms with Crippen LogP contribution in [0.2, 0.25) is 0 Å². The summed E-state index contributed by atoms with van der Waals surface area (Å²) in [6.45, 7) is 3.83. The Morgan fingerprint density at radius 1 is 1.24 bits per heavy atom. The number of carbonyl (C=O) groups is 1. The van der Waals surface area contributed by atoms with Crippen molar-refractivity contribution in [2.45, 2.75) is 37.6 Å². The molecule has 0 bridgehead atoms. The van der Waals surface area contributed by atoms with Gasteiger partial charge >= 0.3 is 6.18 Å². The van der Waals surface area contributed by atoms with Gasteiger partial charge in [-0.2, -0.15) is 13.2 Å². The van der Waals surface area contributed by atoms with Crippen molar-refractivity contribution in [2.75, 3.05) is 0 Å². The minimum absolute atomic E-state index is 0.110. The van der Waals surface area contributed by atoms with Gasteiger partial charge in [-0.1, -0.05) is 24.3 Å². The van der Waals surface area contributed by atoms with Crippen molar-refractivity contribution in [1.82, 2.24) is 26.4 Å². The molecule has 29 heavy (non-hydrogen) atoms. The lowest BCUT2D eigenvalue weighted by molar-refractivity contribution is -0.138. The van der Waals surface area contributed by atoms with Crippen LogP contribution in [0.5, 0.6) is 0 Å². The molecule has 3 atom stereocenters. The van der Waals surface area contributed by atoms with E-state index in [2.05, 4.69) is 21.4 Å². The van der Waals surface area contributed by atoms with Gasteiger partial charge in [0.2, 0.25) is 0 Å². The van der Waals surface area contributed by atoms with Gasteiger partial charge in [0.1, 0.15) is 17.7 Å². The summed E-state index contributed by atoms with van der Waals surface area (Å²) >= 11 is 1.56. The Morgan fingerprint density at radius 3 is 2.69 bits per heavy atom. The molecular weight excluding hydrogens is 403 g/mol. The maximum Gasteiger partial charge on any atom is 0.416 e. The quantitative estimate of drug-likeness (QED) is 0.561. The summed E-state index contributed by atoms with van der Waals surface area (Å²) in [5.41, 5.74) is 3.00. The maximum absolute atomic E-state index is 13.4. The molecule has 0 saturated carbocycles.